The van der Waals surface area contributed by atoms with Crippen molar-refractivity contribution in [1.29, 1.82) is 0 Å². The Morgan fingerprint density at radius 1 is 1.06 bits per heavy atom. The highest BCUT2D eigenvalue weighted by atomic mass is 16.5. The summed E-state index contributed by atoms with van der Waals surface area (Å²) in [6.45, 7) is 6.39. The van der Waals surface area contributed by atoms with Crippen LogP contribution in [0.1, 0.15) is 30.5 Å². The highest BCUT2D eigenvalue weighted by Gasteiger charge is 2.46. The van der Waals surface area contributed by atoms with E-state index >= 15 is 0 Å². The Labute approximate surface area is 205 Å². The number of Topliss-reactive ketones (excluding diaryl/α,β-unsaturated/α-hetero) is 1. The first kappa shape index (κ1) is 24.8. The van der Waals surface area contributed by atoms with Crippen LogP contribution in [0.5, 0.6) is 11.5 Å². The van der Waals surface area contributed by atoms with Gasteiger partial charge in [-0.25, -0.2) is 0 Å². The van der Waals surface area contributed by atoms with Crippen LogP contribution in [0.2, 0.25) is 0 Å². The van der Waals surface area contributed by atoms with Gasteiger partial charge in [-0.05, 0) is 36.2 Å². The molecule has 0 aromatic heterocycles. The Bertz CT molecular complexity index is 1080. The van der Waals surface area contributed by atoms with Crippen molar-refractivity contribution < 1.29 is 28.9 Å². The van der Waals surface area contributed by atoms with E-state index in [9.17, 15) is 14.7 Å². The molecule has 2 heterocycles. The van der Waals surface area contributed by atoms with Gasteiger partial charge in [0.2, 0.25) is 0 Å². The van der Waals surface area contributed by atoms with E-state index in [1.54, 1.807) is 48.4 Å². The molecule has 1 N–H and O–H groups in total. The molecule has 2 saturated heterocycles. The van der Waals surface area contributed by atoms with E-state index in [2.05, 4.69) is 4.90 Å². The minimum atomic E-state index is -0.706. The topological polar surface area (TPSA) is 88.5 Å². The minimum absolute atomic E-state index is 0.0785. The maximum absolute atomic E-state index is 13.2. The second-order valence-electron chi connectivity index (χ2n) is 8.60. The molecule has 2 aliphatic heterocycles. The van der Waals surface area contributed by atoms with Crippen LogP contribution in [0.25, 0.3) is 5.76 Å². The van der Waals surface area contributed by atoms with Crippen LogP contribution in [0.3, 0.4) is 0 Å². The molecule has 2 aromatic carbocycles. The Balaban J connectivity index is 1.71. The number of rotatable bonds is 9. The molecule has 8 heteroatoms. The van der Waals surface area contributed by atoms with E-state index in [-0.39, 0.29) is 11.3 Å². The number of aliphatic hydroxyl groups is 1. The molecule has 2 aromatic rings. The van der Waals surface area contributed by atoms with Gasteiger partial charge in [-0.1, -0.05) is 31.2 Å². The predicted molar refractivity (Wildman–Crippen MR) is 131 cm³/mol. The third-order valence-corrected chi connectivity index (χ3v) is 6.31. The van der Waals surface area contributed by atoms with E-state index in [1.807, 2.05) is 19.1 Å². The number of ketones is 1. The van der Waals surface area contributed by atoms with Gasteiger partial charge < -0.3 is 24.2 Å². The fraction of sp³-hybridized carbons (Fsp3) is 0.407. The molecule has 186 valence electrons. The lowest BCUT2D eigenvalue weighted by Crippen LogP contribution is -2.42. The average Bonchev–Trinajstić information content (AvgIpc) is 3.16. The average molecular weight is 481 g/mol. The van der Waals surface area contributed by atoms with Gasteiger partial charge in [-0.2, -0.15) is 0 Å². The van der Waals surface area contributed by atoms with Gasteiger partial charge in [0.15, 0.2) is 0 Å². The summed E-state index contributed by atoms with van der Waals surface area (Å²) in [7, 11) is 1.58. The third kappa shape index (κ3) is 5.49. The van der Waals surface area contributed by atoms with Crippen molar-refractivity contribution in [2.45, 2.75) is 19.4 Å². The second kappa shape index (κ2) is 11.4. The molecular weight excluding hydrogens is 448 g/mol. The summed E-state index contributed by atoms with van der Waals surface area (Å²) in [5.41, 5.74) is 1.24. The first-order valence-electron chi connectivity index (χ1n) is 12.0. The summed E-state index contributed by atoms with van der Waals surface area (Å²) in [6.07, 6.45) is 0.849. The minimum Gasteiger partial charge on any atom is -0.507 e. The van der Waals surface area contributed by atoms with Gasteiger partial charge in [0.25, 0.3) is 11.7 Å². The maximum Gasteiger partial charge on any atom is 0.295 e. The van der Waals surface area contributed by atoms with Crippen LogP contribution in [0.15, 0.2) is 54.1 Å². The van der Waals surface area contributed by atoms with Crippen molar-refractivity contribution in [3.05, 3.63) is 65.2 Å². The van der Waals surface area contributed by atoms with Gasteiger partial charge in [-0.15, -0.1) is 0 Å². The number of hydrogen-bond donors (Lipinski definition) is 1. The number of ether oxygens (including phenoxy) is 3. The lowest BCUT2D eigenvalue weighted by Gasteiger charge is -2.31. The van der Waals surface area contributed by atoms with Crippen LogP contribution < -0.4 is 9.47 Å². The Morgan fingerprint density at radius 2 is 1.80 bits per heavy atom. The number of amides is 1. The Hall–Kier alpha value is -3.36. The molecule has 0 bridgehead atoms. The molecule has 1 amide bonds. The molecule has 4 rings (SSSR count). The SMILES string of the molecule is CCCOc1cccc(/C(O)=C2\C(=O)C(=O)N(CCN3CCOCC3)C2c2ccc(OC)cc2)c1. The van der Waals surface area contributed by atoms with E-state index in [0.717, 1.165) is 25.1 Å². The van der Waals surface area contributed by atoms with E-state index in [0.29, 0.717) is 50.0 Å². The molecule has 0 radical (unpaired) electrons. The van der Waals surface area contributed by atoms with Gasteiger partial charge in [0.1, 0.15) is 17.3 Å². The fourth-order valence-electron chi connectivity index (χ4n) is 4.43. The van der Waals surface area contributed by atoms with Gasteiger partial charge in [0.05, 0.1) is 38.5 Å². The number of morpholine rings is 1. The van der Waals surface area contributed by atoms with Crippen LogP contribution in [0, 0.1) is 0 Å². The van der Waals surface area contributed by atoms with Gasteiger partial charge >= 0.3 is 0 Å². The molecule has 35 heavy (non-hydrogen) atoms. The molecule has 0 aliphatic carbocycles. The highest BCUT2D eigenvalue weighted by molar-refractivity contribution is 6.46. The quantitative estimate of drug-likeness (QED) is 0.335. The number of benzene rings is 2. The lowest BCUT2D eigenvalue weighted by molar-refractivity contribution is -0.140. The predicted octanol–water partition coefficient (Wildman–Crippen LogP) is 3.24. The highest BCUT2D eigenvalue weighted by Crippen LogP contribution is 2.40. The standard InChI is InChI=1S/C27H32N2O6/c1-3-15-35-22-6-4-5-20(18-22)25(30)23-24(19-7-9-21(33-2)10-8-19)29(27(32)26(23)31)12-11-28-13-16-34-17-14-28/h4-10,18,24,30H,3,11-17H2,1-2H3/b25-23+. The van der Waals surface area contributed by atoms with Crippen LogP contribution in [-0.2, 0) is 14.3 Å². The summed E-state index contributed by atoms with van der Waals surface area (Å²) >= 11 is 0. The van der Waals surface area contributed by atoms with Crippen molar-refractivity contribution in [2.24, 2.45) is 0 Å². The number of likely N-dealkylation sites (tertiary alicyclic amines) is 1. The van der Waals surface area contributed by atoms with E-state index < -0.39 is 17.7 Å². The summed E-state index contributed by atoms with van der Waals surface area (Å²) in [6, 6.07) is 13.5. The van der Waals surface area contributed by atoms with Crippen molar-refractivity contribution in [1.82, 2.24) is 9.80 Å². The van der Waals surface area contributed by atoms with Crippen molar-refractivity contribution >= 4 is 17.4 Å². The number of carbonyl (C=O) groups is 2. The summed E-state index contributed by atoms with van der Waals surface area (Å²) in [5, 5.41) is 11.3. The molecule has 0 saturated carbocycles. The first-order valence-corrected chi connectivity index (χ1v) is 12.0. The van der Waals surface area contributed by atoms with Gasteiger partial charge in [-0.3, -0.25) is 14.5 Å². The summed E-state index contributed by atoms with van der Waals surface area (Å²) in [4.78, 5) is 30.2. The maximum atomic E-state index is 13.2. The summed E-state index contributed by atoms with van der Waals surface area (Å²) < 4.78 is 16.4. The van der Waals surface area contributed by atoms with Crippen LogP contribution in [-0.4, -0.2) is 79.7 Å². The summed E-state index contributed by atoms with van der Waals surface area (Å²) in [5.74, 6) is -0.248. The molecule has 0 spiro atoms. The van der Waals surface area contributed by atoms with Crippen molar-refractivity contribution in [2.75, 3.05) is 53.1 Å². The Morgan fingerprint density at radius 3 is 2.49 bits per heavy atom. The van der Waals surface area contributed by atoms with Crippen molar-refractivity contribution in [3.63, 3.8) is 0 Å². The zero-order valence-electron chi connectivity index (χ0n) is 20.2. The van der Waals surface area contributed by atoms with Crippen LogP contribution >= 0.6 is 0 Å². The molecule has 2 aliphatic rings. The molecular formula is C27H32N2O6. The normalized spacial score (nSPS) is 20.3. The smallest absolute Gasteiger partial charge is 0.295 e. The molecule has 1 atom stereocenters. The zero-order chi connectivity index (χ0) is 24.8. The molecule has 2 fully saturated rings. The first-order chi connectivity index (χ1) is 17.0. The monoisotopic (exact) mass is 480 g/mol. The van der Waals surface area contributed by atoms with Gasteiger partial charge in [0, 0.05) is 31.7 Å². The van der Waals surface area contributed by atoms with Crippen LogP contribution in [0.4, 0.5) is 0 Å². The van der Waals surface area contributed by atoms with E-state index in [1.165, 1.54) is 0 Å². The Kier molecular flexibility index (Phi) is 8.05. The molecule has 8 nitrogen and oxygen atoms in total. The third-order valence-electron chi connectivity index (χ3n) is 6.31. The largest absolute Gasteiger partial charge is 0.507 e. The number of aliphatic hydroxyl groups excluding tert-OH is 1. The number of hydrogen-bond acceptors (Lipinski definition) is 7. The second-order valence-corrected chi connectivity index (χ2v) is 8.60. The number of nitrogens with zero attached hydrogens (tertiary/aromatic N) is 2. The number of methoxy groups -OCH3 is 1. The lowest BCUT2D eigenvalue weighted by atomic mass is 9.95. The fourth-order valence-corrected chi connectivity index (χ4v) is 4.43. The van der Waals surface area contributed by atoms with Crippen molar-refractivity contribution in [3.8, 4) is 11.5 Å². The number of carbonyl (C=O) groups excluding carboxylic acids is 2. The zero-order valence-corrected chi connectivity index (χ0v) is 20.2. The van der Waals surface area contributed by atoms with E-state index in [4.69, 9.17) is 14.2 Å². The molecule has 1 unspecified atom stereocenters.